The van der Waals surface area contributed by atoms with E-state index in [4.69, 9.17) is 5.11 Å². The number of likely N-dealkylation sites (tertiary alicyclic amines) is 1. The minimum absolute atomic E-state index is 0.0179. The molecule has 1 saturated heterocycles. The van der Waals surface area contributed by atoms with Gasteiger partial charge in [-0.2, -0.15) is 0 Å². The molecule has 2 fully saturated rings. The monoisotopic (exact) mass is 386 g/mol. The molecule has 1 aliphatic carbocycles. The maximum Gasteiger partial charge on any atom is 0.306 e. The van der Waals surface area contributed by atoms with Gasteiger partial charge in [-0.3, -0.25) is 14.4 Å². The van der Waals surface area contributed by atoms with Gasteiger partial charge in [-0.25, -0.2) is 0 Å². The zero-order valence-corrected chi connectivity index (χ0v) is 16.8. The SMILES string of the molecule is Cc1cccc(C2(C(=O)N(C)CC(=O)N3CCC(C(=O)O)CC3)CCCC2)c1. The van der Waals surface area contributed by atoms with E-state index >= 15 is 0 Å². The third kappa shape index (κ3) is 4.05. The quantitative estimate of drug-likeness (QED) is 0.844. The molecule has 1 aliphatic heterocycles. The van der Waals surface area contributed by atoms with Crippen molar-refractivity contribution in [3.8, 4) is 0 Å². The number of carbonyl (C=O) groups is 3. The molecule has 0 unspecified atom stereocenters. The lowest BCUT2D eigenvalue weighted by atomic mass is 9.77. The van der Waals surface area contributed by atoms with Crippen LogP contribution >= 0.6 is 0 Å². The van der Waals surface area contributed by atoms with Crippen LogP contribution in [-0.4, -0.2) is 59.4 Å². The summed E-state index contributed by atoms with van der Waals surface area (Å²) in [6.07, 6.45) is 4.63. The molecule has 1 saturated carbocycles. The van der Waals surface area contributed by atoms with E-state index in [1.165, 1.54) is 0 Å². The summed E-state index contributed by atoms with van der Waals surface area (Å²) in [7, 11) is 1.71. The number of benzene rings is 1. The number of aliphatic carboxylic acids is 1. The van der Waals surface area contributed by atoms with Crippen LogP contribution in [0.1, 0.15) is 49.7 Å². The van der Waals surface area contributed by atoms with Gasteiger partial charge < -0.3 is 14.9 Å². The van der Waals surface area contributed by atoms with Gasteiger partial charge in [0.15, 0.2) is 0 Å². The molecular weight excluding hydrogens is 356 g/mol. The summed E-state index contributed by atoms with van der Waals surface area (Å²) >= 11 is 0. The van der Waals surface area contributed by atoms with Gasteiger partial charge >= 0.3 is 5.97 Å². The molecule has 28 heavy (non-hydrogen) atoms. The summed E-state index contributed by atoms with van der Waals surface area (Å²) in [5.41, 5.74) is 1.66. The molecule has 1 aromatic rings. The van der Waals surface area contributed by atoms with Crippen molar-refractivity contribution >= 4 is 17.8 Å². The summed E-state index contributed by atoms with van der Waals surface area (Å²) in [6, 6.07) is 8.15. The standard InChI is InChI=1S/C22H30N2O4/c1-16-6-5-7-18(14-16)22(10-3-4-11-22)21(28)23(2)15-19(25)24-12-8-17(9-13-24)20(26)27/h5-7,14,17H,3-4,8-13,15H2,1-2H3,(H,26,27). The second-order valence-corrected chi connectivity index (χ2v) is 8.31. The Morgan fingerprint density at radius 1 is 1.18 bits per heavy atom. The largest absolute Gasteiger partial charge is 0.481 e. The van der Waals surface area contributed by atoms with Gasteiger partial charge in [0.2, 0.25) is 11.8 Å². The van der Waals surface area contributed by atoms with Crippen molar-refractivity contribution in [2.45, 2.75) is 50.9 Å². The fourth-order valence-corrected chi connectivity index (χ4v) is 4.66. The van der Waals surface area contributed by atoms with Crippen LogP contribution in [0.3, 0.4) is 0 Å². The van der Waals surface area contributed by atoms with Crippen LogP contribution < -0.4 is 0 Å². The highest BCUT2D eigenvalue weighted by molar-refractivity contribution is 5.92. The molecule has 0 spiro atoms. The molecule has 2 aliphatic rings. The highest BCUT2D eigenvalue weighted by Gasteiger charge is 2.44. The molecule has 1 aromatic carbocycles. The molecule has 3 rings (SSSR count). The summed E-state index contributed by atoms with van der Waals surface area (Å²) < 4.78 is 0. The predicted molar refractivity (Wildman–Crippen MR) is 106 cm³/mol. The van der Waals surface area contributed by atoms with Crippen molar-refractivity contribution in [3.63, 3.8) is 0 Å². The molecular formula is C22H30N2O4. The number of likely N-dealkylation sites (N-methyl/N-ethyl adjacent to an activating group) is 1. The molecule has 2 amide bonds. The molecule has 0 radical (unpaired) electrons. The minimum Gasteiger partial charge on any atom is -0.481 e. The van der Waals surface area contributed by atoms with Crippen molar-refractivity contribution in [2.24, 2.45) is 5.92 Å². The maximum atomic E-state index is 13.4. The Bertz CT molecular complexity index is 747. The van der Waals surface area contributed by atoms with Gasteiger partial charge in [0.1, 0.15) is 0 Å². The number of rotatable bonds is 5. The topological polar surface area (TPSA) is 77.9 Å². The van der Waals surface area contributed by atoms with Crippen LogP contribution in [0.25, 0.3) is 0 Å². The molecule has 0 bridgehead atoms. The van der Waals surface area contributed by atoms with E-state index in [2.05, 4.69) is 6.07 Å². The van der Waals surface area contributed by atoms with E-state index in [1.807, 2.05) is 25.1 Å². The summed E-state index contributed by atoms with van der Waals surface area (Å²) in [4.78, 5) is 40.4. The van der Waals surface area contributed by atoms with E-state index < -0.39 is 11.4 Å². The Morgan fingerprint density at radius 2 is 1.82 bits per heavy atom. The van der Waals surface area contributed by atoms with E-state index in [-0.39, 0.29) is 24.3 Å². The smallest absolute Gasteiger partial charge is 0.306 e. The molecule has 6 heteroatoms. The number of nitrogens with zero attached hydrogens (tertiary/aromatic N) is 2. The fourth-order valence-electron chi connectivity index (χ4n) is 4.66. The molecule has 6 nitrogen and oxygen atoms in total. The van der Waals surface area contributed by atoms with Gasteiger partial charge in [0.25, 0.3) is 0 Å². The second kappa shape index (κ2) is 8.33. The van der Waals surface area contributed by atoms with Crippen molar-refractivity contribution in [1.29, 1.82) is 0 Å². The first-order valence-corrected chi connectivity index (χ1v) is 10.2. The van der Waals surface area contributed by atoms with Crippen LogP contribution in [0, 0.1) is 12.8 Å². The van der Waals surface area contributed by atoms with Gasteiger partial charge in [-0.05, 0) is 38.2 Å². The first kappa shape index (κ1) is 20.4. The average Bonchev–Trinajstić information content (AvgIpc) is 3.18. The molecule has 1 N–H and O–H groups in total. The van der Waals surface area contributed by atoms with Crippen molar-refractivity contribution in [3.05, 3.63) is 35.4 Å². The molecule has 0 aromatic heterocycles. The van der Waals surface area contributed by atoms with Gasteiger partial charge in [0.05, 0.1) is 17.9 Å². The molecule has 152 valence electrons. The Morgan fingerprint density at radius 3 is 2.39 bits per heavy atom. The highest BCUT2D eigenvalue weighted by atomic mass is 16.4. The normalized spacial score (nSPS) is 19.4. The fraction of sp³-hybridized carbons (Fsp3) is 0.591. The Balaban J connectivity index is 1.67. The zero-order valence-electron chi connectivity index (χ0n) is 16.8. The Kier molecular flexibility index (Phi) is 6.06. The third-order valence-electron chi connectivity index (χ3n) is 6.35. The number of piperidine rings is 1. The van der Waals surface area contributed by atoms with Gasteiger partial charge in [0, 0.05) is 20.1 Å². The third-order valence-corrected chi connectivity index (χ3v) is 6.35. The van der Waals surface area contributed by atoms with Crippen LogP contribution in [0.4, 0.5) is 0 Å². The zero-order chi connectivity index (χ0) is 20.3. The summed E-state index contributed by atoms with van der Waals surface area (Å²) in [5.74, 6) is -1.24. The number of hydrogen-bond acceptors (Lipinski definition) is 3. The van der Waals surface area contributed by atoms with E-state index in [9.17, 15) is 14.4 Å². The Hall–Kier alpha value is -2.37. The highest BCUT2D eigenvalue weighted by Crippen LogP contribution is 2.42. The number of amides is 2. The number of carboxylic acid groups (broad SMARTS) is 1. The number of hydrogen-bond donors (Lipinski definition) is 1. The lowest BCUT2D eigenvalue weighted by Gasteiger charge is -2.35. The first-order valence-electron chi connectivity index (χ1n) is 10.2. The van der Waals surface area contributed by atoms with E-state index in [0.29, 0.717) is 25.9 Å². The lowest BCUT2D eigenvalue weighted by molar-refractivity contribution is -0.147. The first-order chi connectivity index (χ1) is 13.3. The summed E-state index contributed by atoms with van der Waals surface area (Å²) in [5, 5.41) is 9.10. The van der Waals surface area contributed by atoms with E-state index in [1.54, 1.807) is 16.8 Å². The van der Waals surface area contributed by atoms with Crippen LogP contribution in [0.15, 0.2) is 24.3 Å². The number of carbonyl (C=O) groups excluding carboxylic acids is 2. The lowest BCUT2D eigenvalue weighted by Crippen LogP contribution is -2.49. The van der Waals surface area contributed by atoms with Crippen LogP contribution in [0.5, 0.6) is 0 Å². The van der Waals surface area contributed by atoms with Gasteiger partial charge in [-0.15, -0.1) is 0 Å². The van der Waals surface area contributed by atoms with E-state index in [0.717, 1.165) is 36.8 Å². The average molecular weight is 386 g/mol. The molecule has 0 atom stereocenters. The maximum absolute atomic E-state index is 13.4. The number of aryl methyl sites for hydroxylation is 1. The predicted octanol–water partition coefficient (Wildman–Crippen LogP) is 2.59. The molecule has 1 heterocycles. The van der Waals surface area contributed by atoms with Crippen molar-refractivity contribution in [2.75, 3.05) is 26.7 Å². The second-order valence-electron chi connectivity index (χ2n) is 8.31. The van der Waals surface area contributed by atoms with Crippen LogP contribution in [-0.2, 0) is 19.8 Å². The summed E-state index contributed by atoms with van der Waals surface area (Å²) in [6.45, 7) is 2.97. The Labute approximate surface area is 166 Å². The minimum atomic E-state index is -0.791. The van der Waals surface area contributed by atoms with Crippen molar-refractivity contribution in [1.82, 2.24) is 9.80 Å². The van der Waals surface area contributed by atoms with Crippen LogP contribution in [0.2, 0.25) is 0 Å². The van der Waals surface area contributed by atoms with Gasteiger partial charge in [-0.1, -0.05) is 42.7 Å². The van der Waals surface area contributed by atoms with Crippen molar-refractivity contribution < 1.29 is 19.5 Å². The number of carboxylic acids is 1.